The number of ether oxygens (including phenoxy) is 1. The minimum absolute atomic E-state index is 0.0395. The minimum atomic E-state index is 0.0395. The van der Waals surface area contributed by atoms with Gasteiger partial charge in [-0.1, -0.05) is 24.3 Å². The second-order valence-electron chi connectivity index (χ2n) is 7.36. The van der Waals surface area contributed by atoms with E-state index in [4.69, 9.17) is 10.5 Å². The molecule has 0 aromatic heterocycles. The average molecular weight is 380 g/mol. The monoisotopic (exact) mass is 380 g/mol. The van der Waals surface area contributed by atoms with Gasteiger partial charge in [-0.15, -0.1) is 0 Å². The zero-order valence-corrected chi connectivity index (χ0v) is 16.7. The molecule has 1 aliphatic rings. The molecule has 0 radical (unpaired) electrons. The lowest BCUT2D eigenvalue weighted by molar-refractivity contribution is -0.0586. The van der Waals surface area contributed by atoms with Gasteiger partial charge < -0.3 is 20.7 Å². The first-order valence-electron chi connectivity index (χ1n) is 9.58. The number of carbonyl (C=O) groups is 1. The molecule has 28 heavy (non-hydrogen) atoms. The van der Waals surface area contributed by atoms with Gasteiger partial charge in [0.05, 0.1) is 18.8 Å². The Morgan fingerprint density at radius 3 is 2.50 bits per heavy atom. The number of rotatable bonds is 4. The second kappa shape index (κ2) is 8.89. The number of aryl methyl sites for hydroxylation is 1. The summed E-state index contributed by atoms with van der Waals surface area (Å²) in [7, 11) is 0. The number of nitrogens with one attached hydrogen (secondary N) is 1. The molecule has 2 aromatic rings. The molecule has 1 aliphatic heterocycles. The maximum atomic E-state index is 12.7. The zero-order chi connectivity index (χ0) is 20.1. The highest BCUT2D eigenvalue weighted by molar-refractivity contribution is 5.94. The van der Waals surface area contributed by atoms with E-state index in [9.17, 15) is 4.79 Å². The molecule has 3 N–H and O–H groups in total. The van der Waals surface area contributed by atoms with E-state index >= 15 is 0 Å². The first-order chi connectivity index (χ1) is 13.4. The summed E-state index contributed by atoms with van der Waals surface area (Å²) in [4.78, 5) is 18.9. The van der Waals surface area contributed by atoms with Crippen LogP contribution in [0.5, 0.6) is 0 Å². The summed E-state index contributed by atoms with van der Waals surface area (Å²) in [6.45, 7) is 7.70. The van der Waals surface area contributed by atoms with Crippen molar-refractivity contribution in [3.63, 3.8) is 0 Å². The van der Waals surface area contributed by atoms with Crippen molar-refractivity contribution in [2.45, 2.75) is 39.5 Å². The summed E-state index contributed by atoms with van der Waals surface area (Å²) in [5.41, 5.74) is 9.71. The van der Waals surface area contributed by atoms with Crippen LogP contribution in [0.3, 0.4) is 0 Å². The summed E-state index contributed by atoms with van der Waals surface area (Å²) in [6, 6.07) is 15.5. The Balaban J connectivity index is 1.58. The largest absolute Gasteiger partial charge is 0.372 e. The van der Waals surface area contributed by atoms with Crippen LogP contribution in [0, 0.1) is 6.92 Å². The van der Waals surface area contributed by atoms with Gasteiger partial charge in [0.2, 0.25) is 0 Å². The summed E-state index contributed by atoms with van der Waals surface area (Å²) in [5, 5.41) is 3.09. The number of guanidine groups is 1. The number of anilines is 1. The predicted octanol–water partition coefficient (Wildman–Crippen LogP) is 3.17. The first-order valence-corrected chi connectivity index (χ1v) is 9.58. The number of aliphatic imine (C=N–C) groups is 1. The lowest BCUT2D eigenvalue weighted by atomic mass is 10.1. The molecule has 1 fully saturated rings. The van der Waals surface area contributed by atoms with Gasteiger partial charge in [0.15, 0.2) is 5.96 Å². The Bertz CT molecular complexity index is 838. The van der Waals surface area contributed by atoms with Gasteiger partial charge in [0.1, 0.15) is 0 Å². The third-order valence-corrected chi connectivity index (χ3v) is 4.63. The fourth-order valence-corrected chi connectivity index (χ4v) is 3.37. The highest BCUT2D eigenvalue weighted by atomic mass is 16.5. The Kier molecular flexibility index (Phi) is 6.31. The number of nitrogens with zero attached hydrogens (tertiary/aromatic N) is 2. The van der Waals surface area contributed by atoms with Gasteiger partial charge in [-0.2, -0.15) is 0 Å². The van der Waals surface area contributed by atoms with Gasteiger partial charge >= 0.3 is 0 Å². The van der Waals surface area contributed by atoms with Crippen molar-refractivity contribution >= 4 is 17.6 Å². The van der Waals surface area contributed by atoms with E-state index in [1.807, 2.05) is 74.2 Å². The van der Waals surface area contributed by atoms with Gasteiger partial charge in [-0.25, -0.2) is 4.99 Å². The van der Waals surface area contributed by atoms with Crippen LogP contribution in [0.2, 0.25) is 0 Å². The van der Waals surface area contributed by atoms with Crippen molar-refractivity contribution in [1.29, 1.82) is 0 Å². The predicted molar refractivity (Wildman–Crippen MR) is 112 cm³/mol. The molecule has 0 bridgehead atoms. The molecule has 0 aliphatic carbocycles. The second-order valence-corrected chi connectivity index (χ2v) is 7.36. The van der Waals surface area contributed by atoms with Crippen molar-refractivity contribution in [2.75, 3.05) is 18.4 Å². The number of hydrogen-bond donors (Lipinski definition) is 2. The van der Waals surface area contributed by atoms with Gasteiger partial charge in [-0.05, 0) is 56.2 Å². The van der Waals surface area contributed by atoms with E-state index < -0.39 is 0 Å². The van der Waals surface area contributed by atoms with E-state index in [-0.39, 0.29) is 18.1 Å². The van der Waals surface area contributed by atoms with Crippen molar-refractivity contribution in [3.05, 3.63) is 65.2 Å². The van der Waals surface area contributed by atoms with Gasteiger partial charge in [0, 0.05) is 24.3 Å². The molecule has 1 amide bonds. The maximum Gasteiger partial charge on any atom is 0.254 e. The smallest absolute Gasteiger partial charge is 0.254 e. The van der Waals surface area contributed by atoms with Crippen LogP contribution in [-0.2, 0) is 11.3 Å². The lowest BCUT2D eigenvalue weighted by Gasteiger charge is -2.35. The van der Waals surface area contributed by atoms with Crippen LogP contribution in [0.25, 0.3) is 0 Å². The Morgan fingerprint density at radius 1 is 1.18 bits per heavy atom. The third kappa shape index (κ3) is 5.33. The van der Waals surface area contributed by atoms with Crippen LogP contribution in [-0.4, -0.2) is 42.1 Å². The molecule has 2 aromatic carbocycles. The number of morpholine rings is 1. The molecular formula is C22H28N4O2. The van der Waals surface area contributed by atoms with Crippen molar-refractivity contribution < 1.29 is 9.53 Å². The molecule has 3 rings (SSSR count). The van der Waals surface area contributed by atoms with Gasteiger partial charge in [0.25, 0.3) is 5.91 Å². The summed E-state index contributed by atoms with van der Waals surface area (Å²) >= 11 is 0. The van der Waals surface area contributed by atoms with E-state index in [2.05, 4.69) is 10.3 Å². The number of amides is 1. The molecule has 6 nitrogen and oxygen atoms in total. The minimum Gasteiger partial charge on any atom is -0.372 e. The zero-order valence-electron chi connectivity index (χ0n) is 16.7. The Morgan fingerprint density at radius 2 is 1.86 bits per heavy atom. The number of carbonyl (C=O) groups excluding carboxylic acids is 1. The molecular weight excluding hydrogens is 352 g/mol. The molecule has 6 heteroatoms. The van der Waals surface area contributed by atoms with Crippen LogP contribution < -0.4 is 11.1 Å². The molecule has 2 atom stereocenters. The first kappa shape index (κ1) is 19.9. The van der Waals surface area contributed by atoms with E-state index in [1.165, 1.54) is 0 Å². The lowest BCUT2D eigenvalue weighted by Crippen LogP contribution is -2.48. The van der Waals surface area contributed by atoms with Crippen LogP contribution >= 0.6 is 0 Å². The molecule has 1 heterocycles. The number of hydrogen-bond acceptors (Lipinski definition) is 3. The molecule has 0 saturated carbocycles. The van der Waals surface area contributed by atoms with Crippen LogP contribution in [0.4, 0.5) is 5.69 Å². The number of benzene rings is 2. The normalized spacial score (nSPS) is 20.1. The van der Waals surface area contributed by atoms with E-state index in [0.717, 1.165) is 16.8 Å². The quantitative estimate of drug-likeness (QED) is 0.631. The molecule has 1 saturated heterocycles. The van der Waals surface area contributed by atoms with Crippen molar-refractivity contribution in [3.8, 4) is 0 Å². The summed E-state index contributed by atoms with van der Waals surface area (Å²) in [5.74, 6) is 0.403. The van der Waals surface area contributed by atoms with Crippen molar-refractivity contribution in [1.82, 2.24) is 4.90 Å². The Labute approximate surface area is 166 Å². The SMILES string of the molecule is Cc1cccc(NC(N)=NCc2ccc(C(=O)N3CC(C)OC(C)C3)cc2)c1. The Hall–Kier alpha value is -2.86. The molecule has 2 unspecified atom stereocenters. The third-order valence-electron chi connectivity index (χ3n) is 4.63. The highest BCUT2D eigenvalue weighted by Crippen LogP contribution is 2.15. The molecule has 0 spiro atoms. The average Bonchev–Trinajstić information content (AvgIpc) is 2.65. The van der Waals surface area contributed by atoms with Gasteiger partial charge in [-0.3, -0.25) is 4.79 Å². The topological polar surface area (TPSA) is 79.9 Å². The molecule has 148 valence electrons. The summed E-state index contributed by atoms with van der Waals surface area (Å²) in [6.07, 6.45) is 0.121. The van der Waals surface area contributed by atoms with Crippen LogP contribution in [0.15, 0.2) is 53.5 Å². The van der Waals surface area contributed by atoms with Crippen LogP contribution in [0.1, 0.15) is 35.3 Å². The fraction of sp³-hybridized carbons (Fsp3) is 0.364. The van der Waals surface area contributed by atoms with E-state index in [0.29, 0.717) is 31.2 Å². The summed E-state index contributed by atoms with van der Waals surface area (Å²) < 4.78 is 5.70. The van der Waals surface area contributed by atoms with E-state index in [1.54, 1.807) is 0 Å². The maximum absolute atomic E-state index is 12.7. The highest BCUT2D eigenvalue weighted by Gasteiger charge is 2.26. The fourth-order valence-electron chi connectivity index (χ4n) is 3.37. The number of nitrogens with two attached hydrogens (primary N) is 1. The van der Waals surface area contributed by atoms with Crippen molar-refractivity contribution in [2.24, 2.45) is 10.7 Å². The standard InChI is InChI=1S/C22H28N4O2/c1-15-5-4-6-20(11-15)25-22(23)24-12-18-7-9-19(10-8-18)21(27)26-13-16(2)28-17(3)14-26/h4-11,16-17H,12-14H2,1-3H3,(H3,23,24,25).